The Kier molecular flexibility index (Phi) is 12.7. The van der Waals surface area contributed by atoms with Gasteiger partial charge in [-0.1, -0.05) is 73.5 Å². The second kappa shape index (κ2) is 18.9. The van der Waals surface area contributed by atoms with Crippen LogP contribution < -0.4 is 15.1 Å². The third-order valence-corrected chi connectivity index (χ3v) is 13.2. The smallest absolute Gasteiger partial charge is 0.319 e. The topological polar surface area (TPSA) is 180 Å². The average Bonchev–Trinajstić information content (AvgIpc) is 3.71. The number of amides is 2. The minimum atomic E-state index is -0.323. The van der Waals surface area contributed by atoms with Gasteiger partial charge in [-0.25, -0.2) is 9.55 Å². The van der Waals surface area contributed by atoms with Gasteiger partial charge in [-0.15, -0.1) is 5.10 Å². The lowest BCUT2D eigenvalue weighted by Gasteiger charge is -2.38. The third-order valence-electron chi connectivity index (χ3n) is 12.9. The molecule has 6 aromatic rings. The zero-order chi connectivity index (χ0) is 46.1. The van der Waals surface area contributed by atoms with Gasteiger partial charge in [0.2, 0.25) is 17.8 Å². The van der Waals surface area contributed by atoms with Crippen LogP contribution in [-0.2, 0) is 29.1 Å². The van der Waals surface area contributed by atoms with Crippen LogP contribution in [0.25, 0.3) is 27.8 Å². The summed E-state index contributed by atoms with van der Waals surface area (Å²) < 4.78 is 1.46. The van der Waals surface area contributed by atoms with E-state index in [0.717, 1.165) is 65.2 Å². The van der Waals surface area contributed by atoms with E-state index in [-0.39, 0.29) is 41.1 Å². The van der Waals surface area contributed by atoms with E-state index in [2.05, 4.69) is 61.1 Å². The van der Waals surface area contributed by atoms with Crippen LogP contribution in [0.5, 0.6) is 17.5 Å². The summed E-state index contributed by atoms with van der Waals surface area (Å²) in [5, 5.41) is 46.0. The fourth-order valence-electron chi connectivity index (χ4n) is 9.29. The van der Waals surface area contributed by atoms with Gasteiger partial charge in [0.25, 0.3) is 0 Å². The molecule has 9 rings (SSSR count). The minimum absolute atomic E-state index is 0.00579. The van der Waals surface area contributed by atoms with Crippen molar-refractivity contribution in [3.8, 4) is 34.6 Å². The number of nitrogens with one attached hydrogen (secondary N) is 1. The van der Waals surface area contributed by atoms with Crippen LogP contribution in [0.3, 0.4) is 0 Å². The van der Waals surface area contributed by atoms with Gasteiger partial charge in [0.15, 0.2) is 5.82 Å². The predicted molar refractivity (Wildman–Crippen MR) is 256 cm³/mol. The van der Waals surface area contributed by atoms with Gasteiger partial charge in [-0.05, 0) is 65.3 Å². The van der Waals surface area contributed by atoms with Crippen molar-refractivity contribution < 1.29 is 24.9 Å². The van der Waals surface area contributed by atoms with Crippen molar-refractivity contribution in [1.29, 1.82) is 0 Å². The van der Waals surface area contributed by atoms with Crippen LogP contribution in [0.15, 0.2) is 85.5 Å². The fourth-order valence-corrected chi connectivity index (χ4v) is 9.57. The van der Waals surface area contributed by atoms with E-state index >= 15 is 0 Å². The van der Waals surface area contributed by atoms with Crippen LogP contribution in [0.2, 0.25) is 5.02 Å². The summed E-state index contributed by atoms with van der Waals surface area (Å²) in [7, 11) is 0. The first kappa shape index (κ1) is 44.3. The Labute approximate surface area is 388 Å². The molecule has 4 aromatic carbocycles. The highest BCUT2D eigenvalue weighted by molar-refractivity contribution is 6.36. The monoisotopic (exact) mass is 911 g/mol. The second-order valence-corrected chi connectivity index (χ2v) is 17.7. The first-order valence-electron chi connectivity index (χ1n) is 22.5. The molecule has 0 aliphatic carbocycles. The molecule has 17 heteroatoms. The summed E-state index contributed by atoms with van der Waals surface area (Å²) in [6, 6.07) is 22.5. The third kappa shape index (κ3) is 9.02. The molecule has 0 unspecified atom stereocenters. The Bertz CT molecular complexity index is 2780. The maximum absolute atomic E-state index is 13.5. The molecule has 0 spiro atoms. The fraction of sp³-hybridized carbons (Fsp3) is 0.347. The first-order chi connectivity index (χ1) is 31.9. The van der Waals surface area contributed by atoms with Gasteiger partial charge in [0.1, 0.15) is 17.3 Å². The molecular formula is C49H54ClN11O5. The molecule has 3 aliphatic heterocycles. The maximum Gasteiger partial charge on any atom is 0.319 e. The predicted octanol–water partition coefficient (Wildman–Crippen LogP) is 6.31. The molecule has 2 amide bonds. The van der Waals surface area contributed by atoms with Crippen molar-refractivity contribution >= 4 is 51.6 Å². The number of rotatable bonds is 12. The Morgan fingerprint density at radius 2 is 1.56 bits per heavy atom. The summed E-state index contributed by atoms with van der Waals surface area (Å²) in [6.07, 6.45) is 2.40. The van der Waals surface area contributed by atoms with E-state index in [0.29, 0.717) is 93.1 Å². The van der Waals surface area contributed by atoms with E-state index in [1.165, 1.54) is 16.7 Å². The largest absolute Gasteiger partial charge is 0.508 e. The van der Waals surface area contributed by atoms with Gasteiger partial charge in [0, 0.05) is 101 Å². The highest BCUT2D eigenvalue weighted by Gasteiger charge is 2.30. The zero-order valence-corrected chi connectivity index (χ0v) is 38.0. The number of phenols is 2. The minimum Gasteiger partial charge on any atom is -0.508 e. The van der Waals surface area contributed by atoms with Crippen molar-refractivity contribution in [1.82, 2.24) is 39.4 Å². The van der Waals surface area contributed by atoms with Crippen molar-refractivity contribution in [2.45, 2.75) is 45.7 Å². The van der Waals surface area contributed by atoms with E-state index < -0.39 is 0 Å². The molecule has 2 aromatic heterocycles. The summed E-state index contributed by atoms with van der Waals surface area (Å²) in [4.78, 5) is 46.6. The van der Waals surface area contributed by atoms with E-state index in [1.807, 2.05) is 60.0 Å². The molecule has 2 fully saturated rings. The highest BCUT2D eigenvalue weighted by atomic mass is 35.5. The Morgan fingerprint density at radius 3 is 2.29 bits per heavy atom. The van der Waals surface area contributed by atoms with Gasteiger partial charge < -0.3 is 40.2 Å². The Hall–Kier alpha value is -6.91. The van der Waals surface area contributed by atoms with Crippen LogP contribution in [0.4, 0.5) is 17.5 Å². The number of benzene rings is 4. The Morgan fingerprint density at radius 1 is 0.833 bits per heavy atom. The molecule has 0 saturated carbocycles. The molecule has 16 nitrogen and oxygen atoms in total. The lowest BCUT2D eigenvalue weighted by atomic mass is 9.98. The van der Waals surface area contributed by atoms with E-state index in [1.54, 1.807) is 6.07 Å². The standard InChI is InChI=1S/C49H54ClN11O5/c1-4-43(64)57-23-25-59(26-24-57)46-35-16-18-60(40-10-6-8-33-7-5-9-38(50)45(33)40)30-39(35)52-48(53-46)51-17-15-44(65)58-21-19-56(20-22-58)29-32-11-13-34(14-12-32)61-47(54-55-49(61)66)37-27-36(31(2)3)41(62)28-42(37)63/h4-14,27-28,31,62-63H,1,15-26,29-30H2,2-3H3,(H,55,66)(H,51,52,53). The lowest BCUT2D eigenvalue weighted by Crippen LogP contribution is -2.49. The molecule has 4 N–H and O–H groups in total. The second-order valence-electron chi connectivity index (χ2n) is 17.3. The quantitative estimate of drug-likeness (QED) is 0.100. The van der Waals surface area contributed by atoms with E-state index in [9.17, 15) is 24.9 Å². The van der Waals surface area contributed by atoms with Crippen molar-refractivity contribution in [2.75, 3.05) is 80.6 Å². The van der Waals surface area contributed by atoms with E-state index in [4.69, 9.17) is 21.6 Å². The number of piperazine rings is 2. The molecule has 2 saturated heterocycles. The van der Waals surface area contributed by atoms with Crippen molar-refractivity contribution in [3.63, 3.8) is 0 Å². The SMILES string of the molecule is C=CC(=O)N1CCN(c2nc(NCCC(=O)N3CCN(Cc4ccc(-n5c(O)nnc5-c5cc(C(C)C)c(O)cc5O)cc4)CC3)nc3c2CCN(c2cccc4cccc(Cl)c24)C3)CC1. The molecule has 5 heterocycles. The molecule has 0 atom stereocenters. The number of halogens is 1. The van der Waals surface area contributed by atoms with Gasteiger partial charge in [-0.3, -0.25) is 14.5 Å². The van der Waals surface area contributed by atoms with Crippen LogP contribution in [0, 0.1) is 0 Å². The lowest BCUT2D eigenvalue weighted by molar-refractivity contribution is -0.132. The molecule has 66 heavy (non-hydrogen) atoms. The van der Waals surface area contributed by atoms with Gasteiger partial charge in [0.05, 0.1) is 28.5 Å². The number of aromatic nitrogens is 5. The summed E-state index contributed by atoms with van der Waals surface area (Å²) in [6.45, 7) is 15.0. The number of phenolic OH excluding ortho intramolecular Hbond substituents is 2. The number of hydrogen-bond donors (Lipinski definition) is 4. The molecule has 342 valence electrons. The number of aromatic hydroxyl groups is 3. The van der Waals surface area contributed by atoms with Gasteiger partial charge >= 0.3 is 6.01 Å². The zero-order valence-electron chi connectivity index (χ0n) is 37.2. The van der Waals surface area contributed by atoms with Gasteiger partial charge in [-0.2, -0.15) is 4.98 Å². The van der Waals surface area contributed by atoms with Crippen LogP contribution in [-0.4, -0.2) is 132 Å². The number of hydrogen-bond acceptors (Lipinski definition) is 13. The number of fused-ring (bicyclic) bond motifs is 2. The first-order valence-corrected chi connectivity index (χ1v) is 22.9. The van der Waals surface area contributed by atoms with Crippen LogP contribution in [0.1, 0.15) is 48.6 Å². The average molecular weight is 912 g/mol. The number of nitrogens with zero attached hydrogens (tertiary/aromatic N) is 10. The summed E-state index contributed by atoms with van der Waals surface area (Å²) in [5.41, 5.74) is 5.76. The number of anilines is 3. The molecule has 3 aliphatic rings. The maximum atomic E-state index is 13.5. The summed E-state index contributed by atoms with van der Waals surface area (Å²) >= 11 is 6.76. The summed E-state index contributed by atoms with van der Waals surface area (Å²) in [5.74, 6) is 1.41. The Balaban J connectivity index is 0.824. The molecule has 0 radical (unpaired) electrons. The van der Waals surface area contributed by atoms with Crippen molar-refractivity contribution in [2.24, 2.45) is 0 Å². The highest BCUT2D eigenvalue weighted by Crippen LogP contribution is 2.40. The van der Waals surface area contributed by atoms with Crippen LogP contribution >= 0.6 is 11.6 Å². The molecular weight excluding hydrogens is 858 g/mol. The molecule has 0 bridgehead atoms. The van der Waals surface area contributed by atoms with Crippen molar-refractivity contribution in [3.05, 3.63) is 113 Å². The number of carbonyl (C=O) groups is 2. The normalized spacial score (nSPS) is 15.6. The number of carbonyl (C=O) groups excluding carboxylic acids is 2.